The van der Waals surface area contributed by atoms with Gasteiger partial charge in [-0.2, -0.15) is 5.26 Å². The molecule has 0 aliphatic carbocycles. The number of anilines is 1. The molecule has 96 valence electrons. The van der Waals surface area contributed by atoms with Gasteiger partial charge < -0.3 is 0 Å². The summed E-state index contributed by atoms with van der Waals surface area (Å²) in [6.07, 6.45) is 2.79. The highest BCUT2D eigenvalue weighted by Crippen LogP contribution is 2.21. The molecule has 0 amide bonds. The van der Waals surface area contributed by atoms with E-state index < -0.39 is 0 Å². The monoisotopic (exact) mass is 294 g/mol. The van der Waals surface area contributed by atoms with E-state index >= 15 is 0 Å². The molecule has 0 aliphatic rings. The predicted octanol–water partition coefficient (Wildman–Crippen LogP) is 3.20. The number of nitrogens with one attached hydrogen (secondary N) is 1. The summed E-state index contributed by atoms with van der Waals surface area (Å²) in [6.45, 7) is 0.235. The molecule has 0 spiro atoms. The summed E-state index contributed by atoms with van der Waals surface area (Å²) in [5.74, 6) is 0.268. The number of benzene rings is 1. The van der Waals surface area contributed by atoms with Crippen LogP contribution in [0.4, 0.5) is 5.95 Å². The standard InChI is InChI=1S/C12H8Cl2N4O/c13-10-2-1-9(11(14)3-10)7-19-18-12-16-5-8(4-15)6-17-12/h1-3,5-6H,7H2,(H,16,17,18). The molecular weight excluding hydrogens is 287 g/mol. The first kappa shape index (κ1) is 13.6. The SMILES string of the molecule is N#Cc1cnc(NOCc2ccc(Cl)cc2Cl)nc1. The van der Waals surface area contributed by atoms with Gasteiger partial charge in [-0.15, -0.1) is 0 Å². The lowest BCUT2D eigenvalue weighted by atomic mass is 10.2. The number of aromatic nitrogens is 2. The molecule has 7 heteroatoms. The predicted molar refractivity (Wildman–Crippen MR) is 71.6 cm³/mol. The van der Waals surface area contributed by atoms with Gasteiger partial charge in [-0.1, -0.05) is 29.3 Å². The summed E-state index contributed by atoms with van der Waals surface area (Å²) in [4.78, 5) is 13.0. The van der Waals surface area contributed by atoms with Crippen molar-refractivity contribution in [3.8, 4) is 6.07 Å². The van der Waals surface area contributed by atoms with Gasteiger partial charge in [-0.3, -0.25) is 4.84 Å². The van der Waals surface area contributed by atoms with Crippen molar-refractivity contribution in [2.24, 2.45) is 0 Å². The van der Waals surface area contributed by atoms with Crippen LogP contribution in [-0.4, -0.2) is 9.97 Å². The van der Waals surface area contributed by atoms with Crippen LogP contribution in [0.25, 0.3) is 0 Å². The van der Waals surface area contributed by atoms with Crippen LogP contribution in [0.3, 0.4) is 0 Å². The summed E-state index contributed by atoms with van der Waals surface area (Å²) >= 11 is 11.8. The van der Waals surface area contributed by atoms with E-state index in [1.54, 1.807) is 18.2 Å². The highest BCUT2D eigenvalue weighted by Gasteiger charge is 2.02. The fraction of sp³-hybridized carbons (Fsp3) is 0.0833. The fourth-order valence-electron chi connectivity index (χ4n) is 1.26. The zero-order valence-electron chi connectivity index (χ0n) is 9.60. The van der Waals surface area contributed by atoms with E-state index in [4.69, 9.17) is 33.3 Å². The second-order valence-electron chi connectivity index (χ2n) is 3.53. The first-order valence-corrected chi connectivity index (χ1v) is 5.98. The lowest BCUT2D eigenvalue weighted by Crippen LogP contribution is -2.05. The molecule has 1 aromatic heterocycles. The van der Waals surface area contributed by atoms with Crippen molar-refractivity contribution in [2.75, 3.05) is 5.48 Å². The maximum atomic E-state index is 8.60. The Morgan fingerprint density at radius 2 is 2.00 bits per heavy atom. The zero-order valence-corrected chi connectivity index (χ0v) is 11.1. The smallest absolute Gasteiger partial charge is 0.247 e. The molecule has 1 heterocycles. The highest BCUT2D eigenvalue weighted by atomic mass is 35.5. The van der Waals surface area contributed by atoms with Crippen LogP contribution < -0.4 is 5.48 Å². The van der Waals surface area contributed by atoms with Crippen LogP contribution in [0.15, 0.2) is 30.6 Å². The third kappa shape index (κ3) is 3.80. The Bertz CT molecular complexity index is 610. The van der Waals surface area contributed by atoms with Crippen LogP contribution in [0.1, 0.15) is 11.1 Å². The molecule has 0 radical (unpaired) electrons. The first-order valence-electron chi connectivity index (χ1n) is 5.23. The average molecular weight is 295 g/mol. The Kier molecular flexibility index (Phi) is 4.53. The molecule has 0 saturated heterocycles. The van der Waals surface area contributed by atoms with Crippen molar-refractivity contribution in [3.63, 3.8) is 0 Å². The lowest BCUT2D eigenvalue weighted by Gasteiger charge is -2.07. The van der Waals surface area contributed by atoms with E-state index in [0.717, 1.165) is 5.56 Å². The Hall–Kier alpha value is -1.87. The number of rotatable bonds is 4. The lowest BCUT2D eigenvalue weighted by molar-refractivity contribution is 0.177. The molecule has 0 atom stereocenters. The van der Waals surface area contributed by atoms with Crippen molar-refractivity contribution < 1.29 is 4.84 Å². The van der Waals surface area contributed by atoms with Gasteiger partial charge >= 0.3 is 0 Å². The topological polar surface area (TPSA) is 70.8 Å². The Balaban J connectivity index is 1.91. The van der Waals surface area contributed by atoms with Gasteiger partial charge in [0.05, 0.1) is 18.0 Å². The zero-order chi connectivity index (χ0) is 13.7. The molecule has 1 aromatic carbocycles. The molecule has 0 bridgehead atoms. The number of hydrogen-bond acceptors (Lipinski definition) is 5. The first-order chi connectivity index (χ1) is 9.19. The van der Waals surface area contributed by atoms with Gasteiger partial charge in [0, 0.05) is 10.0 Å². The Morgan fingerprint density at radius 1 is 1.26 bits per heavy atom. The minimum absolute atomic E-state index is 0.235. The maximum absolute atomic E-state index is 8.60. The van der Waals surface area contributed by atoms with E-state index in [1.165, 1.54) is 12.4 Å². The molecular formula is C12H8Cl2N4O. The molecule has 2 aromatic rings. The molecule has 0 fully saturated rings. The summed E-state index contributed by atoms with van der Waals surface area (Å²) in [5.41, 5.74) is 3.73. The molecule has 0 saturated carbocycles. The van der Waals surface area contributed by atoms with Crippen LogP contribution >= 0.6 is 23.2 Å². The summed E-state index contributed by atoms with van der Waals surface area (Å²) in [7, 11) is 0. The average Bonchev–Trinajstić information content (AvgIpc) is 2.42. The number of halogens is 2. The van der Waals surface area contributed by atoms with Crippen LogP contribution in [0.5, 0.6) is 0 Å². The van der Waals surface area contributed by atoms with Gasteiger partial charge in [0.25, 0.3) is 0 Å². The van der Waals surface area contributed by atoms with Crippen LogP contribution in [0, 0.1) is 11.3 Å². The molecule has 0 aliphatic heterocycles. The maximum Gasteiger partial charge on any atom is 0.247 e. The van der Waals surface area contributed by atoms with E-state index in [9.17, 15) is 0 Å². The van der Waals surface area contributed by atoms with Crippen molar-refractivity contribution >= 4 is 29.2 Å². The van der Waals surface area contributed by atoms with Crippen LogP contribution in [-0.2, 0) is 11.4 Å². The Labute approximate surface area is 119 Å². The van der Waals surface area contributed by atoms with Crippen molar-refractivity contribution in [1.29, 1.82) is 5.26 Å². The highest BCUT2D eigenvalue weighted by molar-refractivity contribution is 6.35. The van der Waals surface area contributed by atoms with Gasteiger partial charge in [0.15, 0.2) is 0 Å². The minimum atomic E-state index is 0.235. The second kappa shape index (κ2) is 6.34. The van der Waals surface area contributed by atoms with Gasteiger partial charge in [0.2, 0.25) is 5.95 Å². The number of hydrogen-bond donors (Lipinski definition) is 1. The molecule has 0 unspecified atom stereocenters. The molecule has 2 rings (SSSR count). The fourth-order valence-corrected chi connectivity index (χ4v) is 1.72. The van der Waals surface area contributed by atoms with E-state index in [0.29, 0.717) is 15.6 Å². The summed E-state index contributed by atoms with van der Waals surface area (Å²) < 4.78 is 0. The second-order valence-corrected chi connectivity index (χ2v) is 4.38. The van der Waals surface area contributed by atoms with Crippen molar-refractivity contribution in [1.82, 2.24) is 9.97 Å². The molecule has 5 nitrogen and oxygen atoms in total. The van der Waals surface area contributed by atoms with E-state index in [-0.39, 0.29) is 12.6 Å². The van der Waals surface area contributed by atoms with E-state index in [2.05, 4.69) is 15.4 Å². The molecule has 19 heavy (non-hydrogen) atoms. The van der Waals surface area contributed by atoms with Gasteiger partial charge in [-0.05, 0) is 17.7 Å². The summed E-state index contributed by atoms with van der Waals surface area (Å²) in [5, 5.41) is 9.69. The van der Waals surface area contributed by atoms with Crippen molar-refractivity contribution in [2.45, 2.75) is 6.61 Å². The van der Waals surface area contributed by atoms with Crippen LogP contribution in [0.2, 0.25) is 10.0 Å². The normalized spacial score (nSPS) is 9.95. The quantitative estimate of drug-likeness (QED) is 0.877. The summed E-state index contributed by atoms with van der Waals surface area (Å²) in [6, 6.07) is 7.06. The van der Waals surface area contributed by atoms with Gasteiger partial charge in [-0.25, -0.2) is 15.4 Å². The largest absolute Gasteiger partial charge is 0.269 e. The number of nitrogens with zero attached hydrogens (tertiary/aromatic N) is 3. The third-order valence-corrected chi connectivity index (χ3v) is 2.77. The van der Waals surface area contributed by atoms with Crippen molar-refractivity contribution in [3.05, 3.63) is 51.8 Å². The Morgan fingerprint density at radius 3 is 2.63 bits per heavy atom. The third-order valence-electron chi connectivity index (χ3n) is 2.19. The minimum Gasteiger partial charge on any atom is -0.269 e. The van der Waals surface area contributed by atoms with Gasteiger partial charge in [0.1, 0.15) is 12.7 Å². The number of nitriles is 1. The molecule has 1 N–H and O–H groups in total. The van der Waals surface area contributed by atoms with E-state index in [1.807, 2.05) is 6.07 Å².